The molecule has 0 bridgehead atoms. The zero-order chi connectivity index (χ0) is 23.6. The highest BCUT2D eigenvalue weighted by molar-refractivity contribution is 7.92. The van der Waals surface area contributed by atoms with Crippen LogP contribution in [0, 0.1) is 5.92 Å². The van der Waals surface area contributed by atoms with Crippen LogP contribution < -0.4 is 14.8 Å². The van der Waals surface area contributed by atoms with Crippen molar-refractivity contribution in [1.82, 2.24) is 4.90 Å². The molecule has 3 unspecified atom stereocenters. The molecule has 4 rings (SSSR count). The fourth-order valence-corrected chi connectivity index (χ4v) is 5.56. The van der Waals surface area contributed by atoms with E-state index in [1.807, 2.05) is 18.2 Å². The third-order valence-corrected chi connectivity index (χ3v) is 7.00. The summed E-state index contributed by atoms with van der Waals surface area (Å²) < 4.78 is 30.8. The number of hydrogen-bond acceptors (Lipinski definition) is 5. The predicted molar refractivity (Wildman–Crippen MR) is 127 cm³/mol. The second kappa shape index (κ2) is 9.43. The summed E-state index contributed by atoms with van der Waals surface area (Å²) in [4.78, 5) is 28.6. The first-order chi connectivity index (χ1) is 15.8. The number of anilines is 2. The van der Waals surface area contributed by atoms with Crippen LogP contribution in [-0.2, 0) is 14.8 Å². The Balaban J connectivity index is 1.57. The molecule has 2 aliphatic rings. The zero-order valence-electron chi connectivity index (χ0n) is 18.8. The number of likely N-dealkylation sites (tertiary alicyclic amines) is 1. The molecule has 3 atom stereocenters. The van der Waals surface area contributed by atoms with Gasteiger partial charge >= 0.3 is 0 Å². The van der Waals surface area contributed by atoms with E-state index in [0.717, 1.165) is 31.9 Å². The maximum absolute atomic E-state index is 13.4. The number of amides is 2. The van der Waals surface area contributed by atoms with E-state index in [1.165, 1.54) is 13.2 Å². The van der Waals surface area contributed by atoms with Gasteiger partial charge in [-0.05, 0) is 49.4 Å². The van der Waals surface area contributed by atoms with Crippen LogP contribution in [0.3, 0.4) is 0 Å². The molecular formula is C24H29N3O5S. The van der Waals surface area contributed by atoms with Crippen LogP contribution in [0.2, 0.25) is 0 Å². The normalized spacial score (nSPS) is 22.4. The Bertz CT molecular complexity index is 1140. The molecular weight excluding hydrogens is 442 g/mol. The topological polar surface area (TPSA) is 105 Å². The van der Waals surface area contributed by atoms with E-state index in [-0.39, 0.29) is 29.3 Å². The van der Waals surface area contributed by atoms with Gasteiger partial charge in [-0.3, -0.25) is 14.3 Å². The number of nitrogens with zero attached hydrogens (tertiary/aromatic N) is 1. The van der Waals surface area contributed by atoms with Crippen LogP contribution in [-0.4, -0.2) is 50.6 Å². The summed E-state index contributed by atoms with van der Waals surface area (Å²) in [6.45, 7) is 0. The van der Waals surface area contributed by atoms with Crippen LogP contribution in [0.15, 0.2) is 48.5 Å². The van der Waals surface area contributed by atoms with Crippen molar-refractivity contribution in [1.29, 1.82) is 0 Å². The van der Waals surface area contributed by atoms with E-state index in [4.69, 9.17) is 4.74 Å². The number of carbonyl (C=O) groups excluding carboxylic acids is 2. The number of hydrogen-bond donors (Lipinski definition) is 2. The highest BCUT2D eigenvalue weighted by Crippen LogP contribution is 2.41. The first-order valence-corrected chi connectivity index (χ1v) is 13.0. The van der Waals surface area contributed by atoms with Crippen molar-refractivity contribution in [3.63, 3.8) is 0 Å². The Morgan fingerprint density at radius 2 is 1.79 bits per heavy atom. The van der Waals surface area contributed by atoms with Gasteiger partial charge in [-0.15, -0.1) is 0 Å². The number of carbonyl (C=O) groups is 2. The van der Waals surface area contributed by atoms with E-state index >= 15 is 0 Å². The van der Waals surface area contributed by atoms with Crippen molar-refractivity contribution < 1.29 is 22.7 Å². The summed E-state index contributed by atoms with van der Waals surface area (Å²) in [6, 6.07) is 13.3. The van der Waals surface area contributed by atoms with Gasteiger partial charge in [-0.25, -0.2) is 8.42 Å². The summed E-state index contributed by atoms with van der Waals surface area (Å²) in [5.41, 5.74) is 1.34. The van der Waals surface area contributed by atoms with Gasteiger partial charge in [0, 0.05) is 23.4 Å². The van der Waals surface area contributed by atoms with Crippen molar-refractivity contribution in [2.24, 2.45) is 5.92 Å². The molecule has 0 aromatic heterocycles. The predicted octanol–water partition coefficient (Wildman–Crippen LogP) is 3.48. The molecule has 2 aromatic rings. The SMILES string of the molecule is COc1cc(NC(=O)C2CC3CCCCC3N2C(=O)c2ccccc2)ccc1NS(C)(=O)=O. The van der Waals surface area contributed by atoms with E-state index in [1.54, 1.807) is 29.2 Å². The second-order valence-electron chi connectivity index (χ2n) is 8.72. The number of sulfonamides is 1. The number of fused-ring (bicyclic) bond motifs is 1. The smallest absolute Gasteiger partial charge is 0.254 e. The van der Waals surface area contributed by atoms with E-state index in [2.05, 4.69) is 10.0 Å². The molecule has 1 aliphatic carbocycles. The van der Waals surface area contributed by atoms with Gasteiger partial charge in [0.2, 0.25) is 15.9 Å². The van der Waals surface area contributed by atoms with E-state index in [9.17, 15) is 18.0 Å². The number of methoxy groups -OCH3 is 1. The minimum atomic E-state index is -3.48. The molecule has 1 saturated heterocycles. The molecule has 1 aliphatic heterocycles. The standard InChI is InChI=1S/C24H29N3O5S/c1-32-22-15-18(12-13-19(22)26-33(2,30)31)25-23(28)21-14-17-10-6-7-11-20(17)27(21)24(29)16-8-4-3-5-9-16/h3-5,8-9,12-13,15,17,20-21,26H,6-7,10-11,14H2,1-2H3,(H,25,28). The fraction of sp³-hybridized carbons (Fsp3) is 0.417. The number of benzene rings is 2. The average molecular weight is 472 g/mol. The van der Waals surface area contributed by atoms with Gasteiger partial charge in [0.05, 0.1) is 19.1 Å². The molecule has 2 aromatic carbocycles. The largest absolute Gasteiger partial charge is 0.494 e. The highest BCUT2D eigenvalue weighted by atomic mass is 32.2. The lowest BCUT2D eigenvalue weighted by Gasteiger charge is -2.33. The monoisotopic (exact) mass is 471 g/mol. The molecule has 1 saturated carbocycles. The minimum Gasteiger partial charge on any atom is -0.494 e. The molecule has 2 fully saturated rings. The average Bonchev–Trinajstić information content (AvgIpc) is 3.19. The van der Waals surface area contributed by atoms with Crippen molar-refractivity contribution in [3.8, 4) is 5.75 Å². The van der Waals surface area contributed by atoms with Crippen LogP contribution in [0.4, 0.5) is 11.4 Å². The Kier molecular flexibility index (Phi) is 6.60. The Morgan fingerprint density at radius 1 is 1.06 bits per heavy atom. The van der Waals surface area contributed by atoms with E-state index in [0.29, 0.717) is 23.6 Å². The lowest BCUT2D eigenvalue weighted by atomic mass is 9.84. The van der Waals surface area contributed by atoms with Crippen LogP contribution >= 0.6 is 0 Å². The summed E-state index contributed by atoms with van der Waals surface area (Å²) in [7, 11) is -2.05. The zero-order valence-corrected chi connectivity index (χ0v) is 19.6. The lowest BCUT2D eigenvalue weighted by Crippen LogP contribution is -2.47. The number of rotatable bonds is 6. The van der Waals surface area contributed by atoms with Crippen molar-refractivity contribution in [2.45, 2.75) is 44.2 Å². The highest BCUT2D eigenvalue weighted by Gasteiger charge is 2.47. The fourth-order valence-electron chi connectivity index (χ4n) is 4.99. The minimum absolute atomic E-state index is 0.0677. The second-order valence-corrected chi connectivity index (χ2v) is 10.5. The molecule has 2 N–H and O–H groups in total. The Hall–Kier alpha value is -3.07. The van der Waals surface area contributed by atoms with Crippen LogP contribution in [0.5, 0.6) is 5.75 Å². The molecule has 2 amide bonds. The van der Waals surface area contributed by atoms with Crippen LogP contribution in [0.1, 0.15) is 42.5 Å². The van der Waals surface area contributed by atoms with Crippen molar-refractivity contribution >= 4 is 33.2 Å². The Morgan fingerprint density at radius 3 is 2.48 bits per heavy atom. The van der Waals surface area contributed by atoms with Crippen molar-refractivity contribution in [3.05, 3.63) is 54.1 Å². The molecule has 8 nitrogen and oxygen atoms in total. The van der Waals surface area contributed by atoms with Crippen molar-refractivity contribution in [2.75, 3.05) is 23.4 Å². The molecule has 1 heterocycles. The maximum atomic E-state index is 13.4. The first kappa shape index (κ1) is 23.1. The number of ether oxygens (including phenoxy) is 1. The van der Waals surface area contributed by atoms with Crippen LogP contribution in [0.25, 0.3) is 0 Å². The van der Waals surface area contributed by atoms with Gasteiger partial charge in [0.1, 0.15) is 11.8 Å². The lowest BCUT2D eigenvalue weighted by molar-refractivity contribution is -0.120. The Labute approximate surface area is 194 Å². The third-order valence-electron chi connectivity index (χ3n) is 6.41. The summed E-state index contributed by atoms with van der Waals surface area (Å²) in [5.74, 6) is 0.239. The first-order valence-electron chi connectivity index (χ1n) is 11.1. The van der Waals surface area contributed by atoms with Gasteiger partial charge < -0.3 is 15.0 Å². The van der Waals surface area contributed by atoms with E-state index < -0.39 is 16.1 Å². The quantitative estimate of drug-likeness (QED) is 0.671. The van der Waals surface area contributed by atoms with Gasteiger partial charge in [0.15, 0.2) is 0 Å². The summed E-state index contributed by atoms with van der Waals surface area (Å²) in [6.07, 6.45) is 5.80. The van der Waals surface area contributed by atoms with Gasteiger partial charge in [0.25, 0.3) is 5.91 Å². The molecule has 33 heavy (non-hydrogen) atoms. The summed E-state index contributed by atoms with van der Waals surface area (Å²) >= 11 is 0. The maximum Gasteiger partial charge on any atom is 0.254 e. The third kappa shape index (κ3) is 5.13. The van der Waals surface area contributed by atoms with Gasteiger partial charge in [-0.2, -0.15) is 0 Å². The molecule has 9 heteroatoms. The number of nitrogens with one attached hydrogen (secondary N) is 2. The molecule has 176 valence electrons. The summed E-state index contributed by atoms with van der Waals surface area (Å²) in [5, 5.41) is 2.90. The molecule has 0 radical (unpaired) electrons. The molecule has 0 spiro atoms. The van der Waals surface area contributed by atoms with Gasteiger partial charge in [-0.1, -0.05) is 31.0 Å².